The van der Waals surface area contributed by atoms with Gasteiger partial charge >= 0.3 is 7.60 Å². The van der Waals surface area contributed by atoms with E-state index in [0.717, 1.165) is 21.5 Å². The average molecular weight is 480 g/mol. The zero-order chi connectivity index (χ0) is 23.9. The number of nitrogens with zero attached hydrogens (tertiary/aromatic N) is 1. The molecule has 33 heavy (non-hydrogen) atoms. The summed E-state index contributed by atoms with van der Waals surface area (Å²) in [5.41, 5.74) is 1.56. The van der Waals surface area contributed by atoms with Gasteiger partial charge in [-0.15, -0.1) is 11.3 Å². The Morgan fingerprint density at radius 3 is 2.00 bits per heavy atom. The van der Waals surface area contributed by atoms with Crippen molar-refractivity contribution in [2.75, 3.05) is 0 Å². The van der Waals surface area contributed by atoms with Crippen LogP contribution in [0.15, 0.2) is 72.8 Å². The summed E-state index contributed by atoms with van der Waals surface area (Å²) >= 11 is 1.71. The van der Waals surface area contributed by atoms with Crippen LogP contribution < -0.4 is 5.30 Å². The van der Waals surface area contributed by atoms with E-state index in [4.69, 9.17) is 14.0 Å². The molecule has 2 aromatic carbocycles. The molecule has 2 heterocycles. The molecule has 0 bridgehead atoms. The molecule has 2 aromatic heterocycles. The number of hydrogen-bond acceptors (Lipinski definition) is 5. The minimum absolute atomic E-state index is 0.542. The van der Waals surface area contributed by atoms with Crippen LogP contribution in [-0.4, -0.2) is 16.2 Å². The van der Waals surface area contributed by atoms with Crippen molar-refractivity contribution in [2.45, 2.75) is 52.7 Å². The van der Waals surface area contributed by atoms with Gasteiger partial charge in [-0.25, -0.2) is 4.98 Å². The highest BCUT2D eigenvalue weighted by molar-refractivity contribution is 7.62. The number of fused-ring (bicyclic) bond motifs is 1. The highest BCUT2D eigenvalue weighted by Gasteiger charge is 2.38. The Kier molecular flexibility index (Phi) is 6.36. The predicted octanol–water partition coefficient (Wildman–Crippen LogP) is 8.08. The van der Waals surface area contributed by atoms with Gasteiger partial charge in [0.2, 0.25) is 0 Å². The normalized spacial score (nSPS) is 12.9. The first kappa shape index (κ1) is 23.8. The average Bonchev–Trinajstić information content (AvgIpc) is 3.21. The molecule has 0 unspecified atom stereocenters. The Morgan fingerprint density at radius 1 is 0.727 bits per heavy atom. The summed E-state index contributed by atoms with van der Waals surface area (Å²) in [6, 6.07) is 24.1. The molecular formula is C27H30NO3PS. The van der Waals surface area contributed by atoms with Crippen LogP contribution in [0.3, 0.4) is 0 Å². The number of aromatic nitrogens is 1. The van der Waals surface area contributed by atoms with Gasteiger partial charge in [-0.2, -0.15) is 0 Å². The molecule has 4 aromatic rings. The van der Waals surface area contributed by atoms with Crippen molar-refractivity contribution in [1.29, 1.82) is 0 Å². The van der Waals surface area contributed by atoms with Crippen molar-refractivity contribution in [2.24, 2.45) is 0 Å². The van der Waals surface area contributed by atoms with E-state index < -0.39 is 18.8 Å². The van der Waals surface area contributed by atoms with Gasteiger partial charge in [0.05, 0.1) is 32.6 Å². The third-order valence-corrected chi connectivity index (χ3v) is 8.42. The Morgan fingerprint density at radius 2 is 1.36 bits per heavy atom. The fourth-order valence-electron chi connectivity index (χ4n) is 3.59. The van der Waals surface area contributed by atoms with Crippen molar-refractivity contribution in [1.82, 2.24) is 4.98 Å². The molecule has 0 aliphatic rings. The first-order valence-electron chi connectivity index (χ1n) is 11.0. The van der Waals surface area contributed by atoms with Crippen LogP contribution in [0.5, 0.6) is 0 Å². The molecule has 0 saturated heterocycles. The van der Waals surface area contributed by atoms with Crippen molar-refractivity contribution in [3.8, 4) is 21.0 Å². The highest BCUT2D eigenvalue weighted by atomic mass is 32.1. The first-order chi connectivity index (χ1) is 15.4. The van der Waals surface area contributed by atoms with Crippen molar-refractivity contribution >= 4 is 35.1 Å². The summed E-state index contributed by atoms with van der Waals surface area (Å²) in [6.07, 6.45) is 0. The lowest BCUT2D eigenvalue weighted by molar-refractivity contribution is 0.0550. The fraction of sp³-hybridized carbons (Fsp3) is 0.296. The molecule has 0 amide bonds. The lowest BCUT2D eigenvalue weighted by Crippen LogP contribution is -2.28. The van der Waals surface area contributed by atoms with E-state index in [0.29, 0.717) is 5.30 Å². The molecular weight excluding hydrogens is 449 g/mol. The van der Waals surface area contributed by atoms with E-state index in [1.165, 1.54) is 10.4 Å². The molecule has 4 nitrogen and oxygen atoms in total. The zero-order valence-electron chi connectivity index (χ0n) is 20.0. The van der Waals surface area contributed by atoms with Crippen LogP contribution in [0.25, 0.3) is 31.9 Å². The molecule has 0 atom stereocenters. The van der Waals surface area contributed by atoms with Crippen molar-refractivity contribution < 1.29 is 13.6 Å². The van der Waals surface area contributed by atoms with Gasteiger partial charge in [-0.05, 0) is 83.5 Å². The van der Waals surface area contributed by atoms with Crippen molar-refractivity contribution in [3.05, 3.63) is 72.8 Å². The van der Waals surface area contributed by atoms with E-state index in [2.05, 4.69) is 24.3 Å². The number of benzene rings is 2. The quantitative estimate of drug-likeness (QED) is 0.272. The fourth-order valence-corrected chi connectivity index (χ4v) is 7.00. The second-order valence-corrected chi connectivity index (χ2v) is 12.9. The summed E-state index contributed by atoms with van der Waals surface area (Å²) < 4.78 is 26.2. The highest BCUT2D eigenvalue weighted by Crippen LogP contribution is 2.54. The summed E-state index contributed by atoms with van der Waals surface area (Å²) in [4.78, 5) is 7.18. The van der Waals surface area contributed by atoms with Gasteiger partial charge in [0.15, 0.2) is 0 Å². The Labute approximate surface area is 200 Å². The second-order valence-electron chi connectivity index (χ2n) is 9.98. The van der Waals surface area contributed by atoms with Crippen LogP contribution in [0.1, 0.15) is 41.5 Å². The SMILES string of the molecule is CC(C)(C)OP(=O)(OC(C)(C)C)c1cccc2nc(-c3ccc(-c4ccccc4)s3)ccc12. The molecule has 0 radical (unpaired) electrons. The van der Waals surface area contributed by atoms with E-state index in [1.54, 1.807) is 11.3 Å². The van der Waals surface area contributed by atoms with Crippen LogP contribution in [-0.2, 0) is 13.6 Å². The third kappa shape index (κ3) is 5.62. The molecule has 0 N–H and O–H groups in total. The zero-order valence-corrected chi connectivity index (χ0v) is 21.7. The van der Waals surface area contributed by atoms with Gasteiger partial charge in [0.1, 0.15) is 0 Å². The molecule has 0 aliphatic carbocycles. The minimum atomic E-state index is -3.62. The monoisotopic (exact) mass is 479 g/mol. The maximum absolute atomic E-state index is 14.1. The Hall–Kier alpha value is -2.30. The topological polar surface area (TPSA) is 48.4 Å². The van der Waals surface area contributed by atoms with E-state index in [-0.39, 0.29) is 0 Å². The summed E-state index contributed by atoms with van der Waals surface area (Å²) in [6.45, 7) is 11.3. The van der Waals surface area contributed by atoms with Gasteiger partial charge in [-0.1, -0.05) is 36.4 Å². The second kappa shape index (κ2) is 8.81. The van der Waals surface area contributed by atoms with E-state index in [9.17, 15) is 4.57 Å². The van der Waals surface area contributed by atoms with Crippen molar-refractivity contribution in [3.63, 3.8) is 0 Å². The van der Waals surface area contributed by atoms with E-state index in [1.807, 2.05) is 90.1 Å². The molecule has 0 fully saturated rings. The predicted molar refractivity (Wildman–Crippen MR) is 139 cm³/mol. The Bertz CT molecular complexity index is 1300. The molecule has 172 valence electrons. The van der Waals surface area contributed by atoms with Crippen LogP contribution >= 0.6 is 18.9 Å². The molecule has 4 rings (SSSR count). The number of rotatable bonds is 5. The first-order valence-corrected chi connectivity index (χ1v) is 13.4. The maximum atomic E-state index is 14.1. The summed E-state index contributed by atoms with van der Waals surface area (Å²) in [7, 11) is -3.62. The number of hydrogen-bond donors (Lipinski definition) is 0. The van der Waals surface area contributed by atoms with Gasteiger partial charge < -0.3 is 0 Å². The van der Waals surface area contributed by atoms with Gasteiger partial charge in [0, 0.05) is 10.3 Å². The lowest BCUT2D eigenvalue weighted by atomic mass is 10.2. The standard InChI is InChI=1S/C27H30NO3PS/c1-26(2,3)30-32(29,31-27(4,5)6)23-14-10-13-21-20(23)15-16-22(28-21)25-18-17-24(33-25)19-11-8-7-9-12-19/h7-18H,1-6H3. The largest absolute Gasteiger partial charge is 0.363 e. The van der Waals surface area contributed by atoms with Crippen LogP contribution in [0, 0.1) is 0 Å². The minimum Gasteiger partial charge on any atom is -0.299 e. The molecule has 0 saturated carbocycles. The molecule has 0 spiro atoms. The molecule has 6 heteroatoms. The number of pyridine rings is 1. The lowest BCUT2D eigenvalue weighted by Gasteiger charge is -2.32. The third-order valence-electron chi connectivity index (χ3n) is 4.71. The smallest absolute Gasteiger partial charge is 0.299 e. The van der Waals surface area contributed by atoms with Crippen LogP contribution in [0.2, 0.25) is 0 Å². The summed E-state index contributed by atoms with van der Waals surface area (Å²) in [5, 5.41) is 1.32. The Balaban J connectivity index is 1.77. The van der Waals surface area contributed by atoms with Gasteiger partial charge in [0.25, 0.3) is 0 Å². The number of thiophene rings is 1. The van der Waals surface area contributed by atoms with Gasteiger partial charge in [-0.3, -0.25) is 13.6 Å². The van der Waals surface area contributed by atoms with E-state index >= 15 is 0 Å². The maximum Gasteiger partial charge on any atom is 0.363 e. The molecule has 0 aliphatic heterocycles. The summed E-state index contributed by atoms with van der Waals surface area (Å²) in [5.74, 6) is 0. The van der Waals surface area contributed by atoms with Crippen LogP contribution in [0.4, 0.5) is 0 Å².